The van der Waals surface area contributed by atoms with Crippen LogP contribution in [0.3, 0.4) is 0 Å². The smallest absolute Gasteiger partial charge is 0.226 e. The van der Waals surface area contributed by atoms with Crippen LogP contribution in [0.2, 0.25) is 10.0 Å². The number of nitrogens with one attached hydrogen (secondary N) is 2. The number of hydrogen-bond acceptors (Lipinski definition) is 4. The van der Waals surface area contributed by atoms with Crippen molar-refractivity contribution in [1.82, 2.24) is 15.2 Å². The summed E-state index contributed by atoms with van der Waals surface area (Å²) in [6.07, 6.45) is 2.84. The van der Waals surface area contributed by atoms with Crippen LogP contribution in [0.4, 0.5) is 5.69 Å². The van der Waals surface area contributed by atoms with Gasteiger partial charge in [-0.15, -0.1) is 0 Å². The zero-order valence-electron chi connectivity index (χ0n) is 20.7. The van der Waals surface area contributed by atoms with E-state index in [-0.39, 0.29) is 24.4 Å². The molecule has 4 aromatic rings. The van der Waals surface area contributed by atoms with Crippen LogP contribution in [-0.4, -0.2) is 27.4 Å². The van der Waals surface area contributed by atoms with E-state index in [0.717, 1.165) is 28.9 Å². The van der Waals surface area contributed by atoms with Gasteiger partial charge in [-0.3, -0.25) is 9.78 Å². The molecule has 1 fully saturated rings. The van der Waals surface area contributed by atoms with E-state index in [2.05, 4.69) is 22.5 Å². The van der Waals surface area contributed by atoms with Gasteiger partial charge in [-0.1, -0.05) is 54.4 Å². The third-order valence-corrected chi connectivity index (χ3v) is 7.46. The first-order chi connectivity index (χ1) is 18.4. The number of benzene rings is 2. The molecular formula is C29H26Cl2N4O2S. The summed E-state index contributed by atoms with van der Waals surface area (Å²) in [5, 5.41) is 8.02. The van der Waals surface area contributed by atoms with Gasteiger partial charge in [0.05, 0.1) is 16.8 Å². The van der Waals surface area contributed by atoms with Gasteiger partial charge in [0.25, 0.3) is 0 Å². The predicted octanol–water partition coefficient (Wildman–Crippen LogP) is 7.21. The molecule has 0 radical (unpaired) electrons. The molecule has 38 heavy (non-hydrogen) atoms. The van der Waals surface area contributed by atoms with E-state index in [0.29, 0.717) is 33.2 Å². The molecule has 0 saturated carbocycles. The van der Waals surface area contributed by atoms with Crippen molar-refractivity contribution in [2.45, 2.75) is 31.8 Å². The molecule has 2 N–H and O–H groups in total. The van der Waals surface area contributed by atoms with E-state index in [1.807, 2.05) is 65.6 Å². The van der Waals surface area contributed by atoms with Crippen LogP contribution in [0, 0.1) is 0 Å². The first-order valence-electron chi connectivity index (χ1n) is 12.4. The minimum atomic E-state index is -0.312. The number of hydrogen-bond donors (Lipinski definition) is 2. The molecule has 1 aliphatic heterocycles. The minimum absolute atomic E-state index is 0.0817. The number of para-hydroxylation sites is 1. The maximum Gasteiger partial charge on any atom is 0.226 e. The molecule has 2 aromatic heterocycles. The number of aryl methyl sites for hydroxylation is 1. The molecule has 0 unspecified atom stereocenters. The summed E-state index contributed by atoms with van der Waals surface area (Å²) >= 11 is 18.2. The van der Waals surface area contributed by atoms with Gasteiger partial charge < -0.3 is 20.0 Å². The van der Waals surface area contributed by atoms with E-state index in [1.54, 1.807) is 18.3 Å². The molecule has 0 spiro atoms. The molecule has 194 valence electrons. The molecule has 1 saturated heterocycles. The Kier molecular flexibility index (Phi) is 7.98. The highest BCUT2D eigenvalue weighted by molar-refractivity contribution is 7.80. The van der Waals surface area contributed by atoms with Gasteiger partial charge in [-0.25, -0.2) is 0 Å². The number of thiocarbonyl (C=S) groups is 1. The number of carbonyl (C=O) groups excluding carboxylic acids is 1. The van der Waals surface area contributed by atoms with Gasteiger partial charge in [0, 0.05) is 35.4 Å². The highest BCUT2D eigenvalue weighted by Gasteiger charge is 2.41. The minimum Gasteiger partial charge on any atom is -0.459 e. The second kappa shape index (κ2) is 11.6. The Hall–Kier alpha value is -3.39. The Balaban J connectivity index is 1.41. The topological polar surface area (TPSA) is 70.4 Å². The molecule has 2 aromatic carbocycles. The van der Waals surface area contributed by atoms with Crippen molar-refractivity contribution in [3.05, 3.63) is 106 Å². The summed E-state index contributed by atoms with van der Waals surface area (Å²) in [5.41, 5.74) is 3.49. The second-order valence-corrected chi connectivity index (χ2v) is 10.2. The number of nitrogens with zero attached hydrogens (tertiary/aromatic N) is 2. The maximum absolute atomic E-state index is 12.9. The van der Waals surface area contributed by atoms with Crippen molar-refractivity contribution in [3.63, 3.8) is 0 Å². The Labute approximate surface area is 237 Å². The van der Waals surface area contributed by atoms with Crippen molar-refractivity contribution in [1.29, 1.82) is 0 Å². The number of halogens is 2. The number of aromatic nitrogens is 1. The summed E-state index contributed by atoms with van der Waals surface area (Å²) in [6, 6.07) is 22.1. The van der Waals surface area contributed by atoms with Crippen LogP contribution in [0.5, 0.6) is 0 Å². The first kappa shape index (κ1) is 26.2. The third kappa shape index (κ3) is 5.55. The quantitative estimate of drug-likeness (QED) is 0.220. The molecule has 0 bridgehead atoms. The molecule has 5 rings (SSSR count). The number of furan rings is 1. The van der Waals surface area contributed by atoms with Crippen molar-refractivity contribution in [3.8, 4) is 11.3 Å². The second-order valence-electron chi connectivity index (χ2n) is 8.96. The third-order valence-electron chi connectivity index (χ3n) is 6.56. The van der Waals surface area contributed by atoms with E-state index >= 15 is 0 Å². The van der Waals surface area contributed by atoms with E-state index < -0.39 is 0 Å². The highest BCUT2D eigenvalue weighted by Crippen LogP contribution is 2.41. The predicted molar refractivity (Wildman–Crippen MR) is 155 cm³/mol. The number of amides is 1. The number of anilines is 1. The number of rotatable bonds is 8. The van der Waals surface area contributed by atoms with E-state index in [1.165, 1.54) is 0 Å². The largest absolute Gasteiger partial charge is 0.459 e. The Bertz CT molecular complexity index is 1460. The van der Waals surface area contributed by atoms with Crippen LogP contribution in [0.15, 0.2) is 83.4 Å². The number of carbonyl (C=O) groups is 1. The standard InChI is InChI=1S/C29H26Cl2N4O2S/c1-2-18-7-3-4-8-22(18)33-26(36)14-16-35-28(27(34-29(35)38)23-9-5-6-15-32-23)25-13-12-24(37-25)20-11-10-19(30)17-21(20)31/h3-13,15,17,27-28H,2,14,16H2,1H3,(H,33,36)(H,34,38)/t27-,28+/m1/s1. The summed E-state index contributed by atoms with van der Waals surface area (Å²) in [7, 11) is 0. The zero-order valence-corrected chi connectivity index (χ0v) is 23.0. The Morgan fingerprint density at radius 3 is 2.68 bits per heavy atom. The number of pyridine rings is 1. The lowest BCUT2D eigenvalue weighted by atomic mass is 10.0. The van der Waals surface area contributed by atoms with Gasteiger partial charge in [0.1, 0.15) is 17.6 Å². The average Bonchev–Trinajstić information content (AvgIpc) is 3.52. The lowest BCUT2D eigenvalue weighted by molar-refractivity contribution is -0.116. The molecule has 1 amide bonds. The fourth-order valence-corrected chi connectivity index (χ4v) is 5.52. The summed E-state index contributed by atoms with van der Waals surface area (Å²) in [4.78, 5) is 19.5. The van der Waals surface area contributed by atoms with Crippen molar-refractivity contribution in [2.24, 2.45) is 0 Å². The lowest BCUT2D eigenvalue weighted by Gasteiger charge is -2.26. The molecular weight excluding hydrogens is 539 g/mol. The fraction of sp³-hybridized carbons (Fsp3) is 0.207. The van der Waals surface area contributed by atoms with Crippen LogP contribution < -0.4 is 10.6 Å². The highest BCUT2D eigenvalue weighted by atomic mass is 35.5. The monoisotopic (exact) mass is 564 g/mol. The van der Waals surface area contributed by atoms with Gasteiger partial charge in [0.2, 0.25) is 5.91 Å². The molecule has 6 nitrogen and oxygen atoms in total. The molecule has 1 aliphatic rings. The molecule has 3 heterocycles. The van der Waals surface area contributed by atoms with Gasteiger partial charge in [0.15, 0.2) is 5.11 Å². The van der Waals surface area contributed by atoms with Crippen LogP contribution in [0.1, 0.15) is 42.4 Å². The van der Waals surface area contributed by atoms with E-state index in [4.69, 9.17) is 39.8 Å². The lowest BCUT2D eigenvalue weighted by Crippen LogP contribution is -2.32. The fourth-order valence-electron chi connectivity index (χ4n) is 4.69. The van der Waals surface area contributed by atoms with Gasteiger partial charge >= 0.3 is 0 Å². The maximum atomic E-state index is 12.9. The summed E-state index contributed by atoms with van der Waals surface area (Å²) in [6.45, 7) is 2.47. The van der Waals surface area contributed by atoms with Crippen LogP contribution >= 0.6 is 35.4 Å². The van der Waals surface area contributed by atoms with Crippen molar-refractivity contribution in [2.75, 3.05) is 11.9 Å². The average molecular weight is 566 g/mol. The van der Waals surface area contributed by atoms with Gasteiger partial charge in [-0.05, 0) is 72.7 Å². The Morgan fingerprint density at radius 1 is 1.11 bits per heavy atom. The summed E-state index contributed by atoms with van der Waals surface area (Å²) in [5.74, 6) is 1.22. The normalized spacial score (nSPS) is 16.9. The van der Waals surface area contributed by atoms with Crippen molar-refractivity contribution < 1.29 is 9.21 Å². The summed E-state index contributed by atoms with van der Waals surface area (Å²) < 4.78 is 6.34. The molecule has 9 heteroatoms. The van der Waals surface area contributed by atoms with Crippen LogP contribution in [-0.2, 0) is 11.2 Å². The van der Waals surface area contributed by atoms with Crippen LogP contribution in [0.25, 0.3) is 11.3 Å². The van der Waals surface area contributed by atoms with Crippen molar-refractivity contribution >= 4 is 52.1 Å². The Morgan fingerprint density at radius 2 is 1.92 bits per heavy atom. The van der Waals surface area contributed by atoms with Gasteiger partial charge in [-0.2, -0.15) is 0 Å². The first-order valence-corrected chi connectivity index (χ1v) is 13.5. The molecule has 2 atom stereocenters. The molecule has 0 aliphatic carbocycles. The SMILES string of the molecule is CCc1ccccc1NC(=O)CCN1C(=S)N[C@H](c2ccccn2)[C@@H]1c1ccc(-c2ccc(Cl)cc2Cl)o1. The zero-order chi connectivity index (χ0) is 26.6. The van der Waals surface area contributed by atoms with E-state index in [9.17, 15) is 4.79 Å².